The molecule has 2 aromatic rings. The van der Waals surface area contributed by atoms with Crippen molar-refractivity contribution in [1.82, 2.24) is 0 Å². The molecule has 0 bridgehead atoms. The van der Waals surface area contributed by atoms with Crippen LogP contribution in [0.5, 0.6) is 5.75 Å². The van der Waals surface area contributed by atoms with Crippen molar-refractivity contribution in [2.45, 2.75) is 12.7 Å². The van der Waals surface area contributed by atoms with E-state index in [1.165, 1.54) is 0 Å². The molecule has 0 aliphatic carbocycles. The summed E-state index contributed by atoms with van der Waals surface area (Å²) in [4.78, 5) is 0. The Morgan fingerprint density at radius 1 is 1.18 bits per heavy atom. The van der Waals surface area contributed by atoms with Crippen LogP contribution >= 0.6 is 0 Å². The lowest BCUT2D eigenvalue weighted by Crippen LogP contribution is -2.04. The van der Waals surface area contributed by atoms with Crippen LogP contribution in [0.15, 0.2) is 36.4 Å². The molecule has 1 saturated heterocycles. The van der Waals surface area contributed by atoms with Gasteiger partial charge in [0.2, 0.25) is 0 Å². The molecule has 1 atom stereocenters. The van der Waals surface area contributed by atoms with Crippen LogP contribution in [-0.2, 0) is 11.3 Å². The summed E-state index contributed by atoms with van der Waals surface area (Å²) >= 11 is 0. The number of benzene rings is 2. The van der Waals surface area contributed by atoms with Crippen LogP contribution in [0, 0.1) is 0 Å². The van der Waals surface area contributed by atoms with Gasteiger partial charge in [-0.25, -0.2) is 0 Å². The Morgan fingerprint density at radius 3 is 2.65 bits per heavy atom. The molecule has 17 heavy (non-hydrogen) atoms. The molecule has 88 valence electrons. The highest BCUT2D eigenvalue weighted by Crippen LogP contribution is 2.29. The van der Waals surface area contributed by atoms with E-state index < -0.39 is 0 Å². The summed E-state index contributed by atoms with van der Waals surface area (Å²) in [6.45, 7) is 1.45. The maximum absolute atomic E-state index is 9.29. The third-order valence-electron chi connectivity index (χ3n) is 2.97. The summed E-state index contributed by atoms with van der Waals surface area (Å²) in [7, 11) is 0. The van der Waals surface area contributed by atoms with Gasteiger partial charge in [-0.05, 0) is 17.0 Å². The number of rotatable bonds is 4. The molecule has 1 heterocycles. The maximum Gasteiger partial charge on any atom is 0.127 e. The fourth-order valence-electron chi connectivity index (χ4n) is 1.94. The van der Waals surface area contributed by atoms with Crippen LogP contribution < -0.4 is 4.74 Å². The van der Waals surface area contributed by atoms with Crippen molar-refractivity contribution in [1.29, 1.82) is 0 Å². The molecule has 2 aromatic carbocycles. The zero-order chi connectivity index (χ0) is 11.7. The van der Waals surface area contributed by atoms with Gasteiger partial charge in [0.05, 0.1) is 13.2 Å². The number of hydrogen-bond acceptors (Lipinski definition) is 3. The average molecular weight is 230 g/mol. The molecule has 0 radical (unpaired) electrons. The van der Waals surface area contributed by atoms with Crippen molar-refractivity contribution in [3.05, 3.63) is 42.0 Å². The minimum Gasteiger partial charge on any atom is -0.490 e. The van der Waals surface area contributed by atoms with E-state index in [9.17, 15) is 5.11 Å². The summed E-state index contributed by atoms with van der Waals surface area (Å²) in [6, 6.07) is 11.8. The second kappa shape index (κ2) is 4.35. The predicted octanol–water partition coefficient (Wildman–Crippen LogP) is 2.11. The van der Waals surface area contributed by atoms with Gasteiger partial charge in [0, 0.05) is 5.39 Å². The highest BCUT2D eigenvalue weighted by atomic mass is 16.6. The standard InChI is InChI=1S/C14H14O3/c15-7-10-5-6-14(17-9-11-8-16-11)13-4-2-1-3-12(10)13/h1-6,11,15H,7-9H2/t11-/m1/s1. The van der Waals surface area contributed by atoms with Gasteiger partial charge in [0.15, 0.2) is 0 Å². The molecule has 1 aliphatic rings. The summed E-state index contributed by atoms with van der Waals surface area (Å²) in [5.74, 6) is 0.855. The van der Waals surface area contributed by atoms with Crippen LogP contribution in [0.1, 0.15) is 5.56 Å². The average Bonchev–Trinajstić information content (AvgIpc) is 3.20. The number of hydrogen-bond donors (Lipinski definition) is 1. The van der Waals surface area contributed by atoms with Gasteiger partial charge in [-0.1, -0.05) is 30.3 Å². The molecule has 0 amide bonds. The molecule has 0 aromatic heterocycles. The van der Waals surface area contributed by atoms with E-state index >= 15 is 0 Å². The second-order valence-corrected chi connectivity index (χ2v) is 4.19. The van der Waals surface area contributed by atoms with E-state index in [0.717, 1.165) is 28.7 Å². The Labute approximate surface area is 99.6 Å². The van der Waals surface area contributed by atoms with Crippen molar-refractivity contribution < 1.29 is 14.6 Å². The second-order valence-electron chi connectivity index (χ2n) is 4.19. The Kier molecular flexibility index (Phi) is 2.71. The van der Waals surface area contributed by atoms with Gasteiger partial charge in [0.1, 0.15) is 18.5 Å². The molecule has 0 saturated carbocycles. The first-order valence-corrected chi connectivity index (χ1v) is 5.74. The number of fused-ring (bicyclic) bond motifs is 1. The van der Waals surface area contributed by atoms with Crippen molar-refractivity contribution in [3.8, 4) is 5.75 Å². The first-order chi connectivity index (χ1) is 8.38. The maximum atomic E-state index is 9.29. The third kappa shape index (κ3) is 2.12. The highest BCUT2D eigenvalue weighted by molar-refractivity contribution is 5.91. The lowest BCUT2D eigenvalue weighted by molar-refractivity contribution is 0.265. The van der Waals surface area contributed by atoms with Crippen LogP contribution in [0.2, 0.25) is 0 Å². The predicted molar refractivity (Wildman–Crippen MR) is 65.1 cm³/mol. The van der Waals surface area contributed by atoms with Crippen LogP contribution in [0.4, 0.5) is 0 Å². The zero-order valence-electron chi connectivity index (χ0n) is 9.43. The van der Waals surface area contributed by atoms with E-state index in [0.29, 0.717) is 6.61 Å². The molecule has 3 rings (SSSR count). The highest BCUT2D eigenvalue weighted by Gasteiger charge is 2.23. The monoisotopic (exact) mass is 230 g/mol. The molecule has 3 nitrogen and oxygen atoms in total. The fraction of sp³-hybridized carbons (Fsp3) is 0.286. The topological polar surface area (TPSA) is 42.0 Å². The summed E-state index contributed by atoms with van der Waals surface area (Å²) in [5, 5.41) is 11.4. The lowest BCUT2D eigenvalue weighted by atomic mass is 10.0. The fourth-order valence-corrected chi connectivity index (χ4v) is 1.94. The number of epoxide rings is 1. The van der Waals surface area contributed by atoms with E-state index in [-0.39, 0.29) is 12.7 Å². The van der Waals surface area contributed by atoms with Crippen LogP contribution in [-0.4, -0.2) is 24.4 Å². The Hall–Kier alpha value is -1.58. The number of ether oxygens (including phenoxy) is 2. The number of aliphatic hydroxyl groups is 1. The number of aliphatic hydroxyl groups excluding tert-OH is 1. The van der Waals surface area contributed by atoms with Gasteiger partial charge in [0.25, 0.3) is 0 Å². The molecule has 3 heteroatoms. The minimum absolute atomic E-state index is 0.0481. The quantitative estimate of drug-likeness (QED) is 0.818. The molecular formula is C14H14O3. The van der Waals surface area contributed by atoms with E-state index in [4.69, 9.17) is 9.47 Å². The first kappa shape index (κ1) is 10.6. The van der Waals surface area contributed by atoms with E-state index in [1.54, 1.807) is 0 Å². The SMILES string of the molecule is OCc1ccc(OC[C@H]2CO2)c2ccccc12. The van der Waals surface area contributed by atoms with Crippen molar-refractivity contribution in [2.24, 2.45) is 0 Å². The molecular weight excluding hydrogens is 216 g/mol. The Bertz CT molecular complexity index is 532. The summed E-state index contributed by atoms with van der Waals surface area (Å²) in [5.41, 5.74) is 0.927. The van der Waals surface area contributed by atoms with Gasteiger partial charge in [-0.15, -0.1) is 0 Å². The van der Waals surface area contributed by atoms with Crippen LogP contribution in [0.25, 0.3) is 10.8 Å². The normalized spacial score (nSPS) is 18.3. The molecule has 0 spiro atoms. The van der Waals surface area contributed by atoms with Gasteiger partial charge >= 0.3 is 0 Å². The third-order valence-corrected chi connectivity index (χ3v) is 2.97. The largest absolute Gasteiger partial charge is 0.490 e. The van der Waals surface area contributed by atoms with Crippen molar-refractivity contribution in [2.75, 3.05) is 13.2 Å². The Balaban J connectivity index is 1.99. The van der Waals surface area contributed by atoms with Gasteiger partial charge in [-0.2, -0.15) is 0 Å². The molecule has 0 unspecified atom stereocenters. The smallest absolute Gasteiger partial charge is 0.127 e. The van der Waals surface area contributed by atoms with E-state index in [2.05, 4.69) is 0 Å². The Morgan fingerprint density at radius 2 is 1.94 bits per heavy atom. The summed E-state index contributed by atoms with van der Waals surface area (Å²) < 4.78 is 10.9. The van der Waals surface area contributed by atoms with Gasteiger partial charge in [-0.3, -0.25) is 0 Å². The van der Waals surface area contributed by atoms with E-state index in [1.807, 2.05) is 36.4 Å². The van der Waals surface area contributed by atoms with Crippen molar-refractivity contribution in [3.63, 3.8) is 0 Å². The molecule has 1 aliphatic heterocycles. The molecule has 1 N–H and O–H groups in total. The van der Waals surface area contributed by atoms with Gasteiger partial charge < -0.3 is 14.6 Å². The molecule has 1 fully saturated rings. The zero-order valence-corrected chi connectivity index (χ0v) is 9.43. The summed E-state index contributed by atoms with van der Waals surface area (Å²) in [6.07, 6.45) is 0.256. The lowest BCUT2D eigenvalue weighted by Gasteiger charge is -2.10. The minimum atomic E-state index is 0.0481. The first-order valence-electron chi connectivity index (χ1n) is 5.74. The van der Waals surface area contributed by atoms with Crippen molar-refractivity contribution >= 4 is 10.8 Å². The van der Waals surface area contributed by atoms with Crippen LogP contribution in [0.3, 0.4) is 0 Å².